The van der Waals surface area contributed by atoms with Crippen molar-refractivity contribution in [1.82, 2.24) is 0 Å². The number of aliphatic hydroxyl groups excluding tert-OH is 1. The molecule has 1 aromatic carbocycles. The summed E-state index contributed by atoms with van der Waals surface area (Å²) in [6, 6.07) is 6.86. The minimum Gasteiger partial charge on any atom is -0.392 e. The quantitative estimate of drug-likeness (QED) is 0.327. The molecule has 10 atom stereocenters. The van der Waals surface area contributed by atoms with Crippen LogP contribution in [-0.2, 0) is 14.3 Å². The van der Waals surface area contributed by atoms with E-state index in [2.05, 4.69) is 34.6 Å². The third-order valence-electron chi connectivity index (χ3n) is 12.5. The molecule has 220 valence electrons. The number of aliphatic hydroxyl groups is 1. The number of fused-ring (bicyclic) bond motifs is 5. The summed E-state index contributed by atoms with van der Waals surface area (Å²) in [5.41, 5.74) is 1.32. The predicted molar refractivity (Wildman–Crippen MR) is 158 cm³/mol. The molecule has 4 saturated carbocycles. The van der Waals surface area contributed by atoms with E-state index in [1.165, 1.54) is 51.4 Å². The number of aryl methyl sites for hydroxylation is 1. The number of rotatable bonds is 8. The van der Waals surface area contributed by atoms with Crippen LogP contribution in [0.5, 0.6) is 0 Å². The summed E-state index contributed by atoms with van der Waals surface area (Å²) in [6.45, 7) is 14.1. The van der Waals surface area contributed by atoms with Crippen LogP contribution in [0.2, 0.25) is 0 Å². The van der Waals surface area contributed by atoms with Gasteiger partial charge in [-0.25, -0.2) is 0 Å². The van der Waals surface area contributed by atoms with Gasteiger partial charge < -0.3 is 5.11 Å². The van der Waals surface area contributed by atoms with Crippen molar-refractivity contribution in [3.63, 3.8) is 0 Å². The standard InChI is InChI=1S/C34H54O4S/c1-22(2)8-7-9-24(4)29-16-17-30-28-15-12-25-20-26(38-39(36,37)27-13-10-23(3)11-14-27)21-32(35)34(25,6)31(28)18-19-33(29,30)5/h10-11,13-14,22,24-26,28-32,35H,7-9,12,15-21H2,1-6H3/t24-,25+,26-,28+,29-,30+,31+,32+,33-,34+/m1/s1. The molecule has 4 aliphatic rings. The molecular weight excluding hydrogens is 504 g/mol. The molecule has 5 rings (SSSR count). The van der Waals surface area contributed by atoms with Gasteiger partial charge >= 0.3 is 0 Å². The van der Waals surface area contributed by atoms with Crippen molar-refractivity contribution in [3.05, 3.63) is 29.8 Å². The summed E-state index contributed by atoms with van der Waals surface area (Å²) >= 11 is 0. The Balaban J connectivity index is 1.27. The van der Waals surface area contributed by atoms with Crippen molar-refractivity contribution >= 4 is 10.1 Å². The average molecular weight is 559 g/mol. The molecule has 4 nitrogen and oxygen atoms in total. The predicted octanol–water partition coefficient (Wildman–Crippen LogP) is 8.16. The minimum atomic E-state index is -3.84. The van der Waals surface area contributed by atoms with Crippen LogP contribution in [0.15, 0.2) is 29.2 Å². The van der Waals surface area contributed by atoms with Gasteiger partial charge in [0.2, 0.25) is 0 Å². The van der Waals surface area contributed by atoms with Gasteiger partial charge in [-0.2, -0.15) is 8.42 Å². The number of benzene rings is 1. The Morgan fingerprint density at radius 1 is 0.949 bits per heavy atom. The smallest absolute Gasteiger partial charge is 0.297 e. The molecule has 5 heteroatoms. The van der Waals surface area contributed by atoms with Gasteiger partial charge in [-0.3, -0.25) is 4.18 Å². The maximum Gasteiger partial charge on any atom is 0.297 e. The molecule has 0 aromatic heterocycles. The fourth-order valence-electron chi connectivity index (χ4n) is 10.3. The zero-order valence-electron chi connectivity index (χ0n) is 25.4. The lowest BCUT2D eigenvalue weighted by Crippen LogP contribution is -2.59. The zero-order chi connectivity index (χ0) is 28.2. The highest BCUT2D eigenvalue weighted by molar-refractivity contribution is 7.86. The highest BCUT2D eigenvalue weighted by Crippen LogP contribution is 2.68. The van der Waals surface area contributed by atoms with Gasteiger partial charge in [0.15, 0.2) is 0 Å². The SMILES string of the molecule is Cc1ccc(S(=O)(=O)O[C@@H]2C[C@@H]3CC[C@H]4[C@@H]5CC[C@H]([C@H](C)CCCC(C)C)[C@@]5(C)CC[C@@H]4[C@@]3(C)[C@@H](O)C2)cc1. The summed E-state index contributed by atoms with van der Waals surface area (Å²) in [5.74, 6) is 4.75. The first-order chi connectivity index (χ1) is 18.4. The lowest BCUT2D eigenvalue weighted by molar-refractivity contribution is -0.179. The topological polar surface area (TPSA) is 63.6 Å². The van der Waals surface area contributed by atoms with Gasteiger partial charge in [0.25, 0.3) is 10.1 Å². The highest BCUT2D eigenvalue weighted by atomic mass is 32.2. The average Bonchev–Trinajstić information content (AvgIpc) is 3.22. The second kappa shape index (κ2) is 11.1. The van der Waals surface area contributed by atoms with Crippen LogP contribution in [-0.4, -0.2) is 25.7 Å². The van der Waals surface area contributed by atoms with E-state index in [0.717, 1.165) is 42.1 Å². The molecule has 0 unspecified atom stereocenters. The Labute approximate surface area is 238 Å². The molecule has 1 aromatic rings. The summed E-state index contributed by atoms with van der Waals surface area (Å²) in [4.78, 5) is 0.209. The van der Waals surface area contributed by atoms with Crippen LogP contribution in [0.25, 0.3) is 0 Å². The Morgan fingerprint density at radius 2 is 1.67 bits per heavy atom. The monoisotopic (exact) mass is 558 g/mol. The molecule has 0 amide bonds. The van der Waals surface area contributed by atoms with Crippen molar-refractivity contribution < 1.29 is 17.7 Å². The molecule has 0 aliphatic heterocycles. The summed E-state index contributed by atoms with van der Waals surface area (Å²) in [6.07, 6.45) is 11.8. The van der Waals surface area contributed by atoms with Crippen molar-refractivity contribution in [2.45, 2.75) is 129 Å². The fourth-order valence-corrected chi connectivity index (χ4v) is 11.4. The van der Waals surface area contributed by atoms with E-state index in [0.29, 0.717) is 29.6 Å². The van der Waals surface area contributed by atoms with Crippen LogP contribution >= 0.6 is 0 Å². The van der Waals surface area contributed by atoms with Crippen LogP contribution in [0.4, 0.5) is 0 Å². The highest BCUT2D eigenvalue weighted by Gasteiger charge is 2.62. The lowest BCUT2D eigenvalue weighted by atomic mass is 9.43. The van der Waals surface area contributed by atoms with Crippen LogP contribution in [0.3, 0.4) is 0 Å². The van der Waals surface area contributed by atoms with Crippen molar-refractivity contribution in [1.29, 1.82) is 0 Å². The van der Waals surface area contributed by atoms with E-state index >= 15 is 0 Å². The van der Waals surface area contributed by atoms with Crippen LogP contribution < -0.4 is 0 Å². The van der Waals surface area contributed by atoms with Gasteiger partial charge in [0.1, 0.15) is 0 Å². The molecule has 0 radical (unpaired) electrons. The number of hydrogen-bond acceptors (Lipinski definition) is 4. The molecule has 0 saturated heterocycles. The van der Waals surface area contributed by atoms with Gasteiger partial charge in [-0.05, 0) is 116 Å². The Morgan fingerprint density at radius 3 is 2.36 bits per heavy atom. The van der Waals surface area contributed by atoms with Gasteiger partial charge in [0, 0.05) is 6.42 Å². The Hall–Kier alpha value is -0.910. The molecule has 0 heterocycles. The molecular formula is C34H54O4S. The van der Waals surface area contributed by atoms with E-state index in [-0.39, 0.29) is 10.3 Å². The molecule has 4 aliphatic carbocycles. The zero-order valence-corrected chi connectivity index (χ0v) is 26.2. The van der Waals surface area contributed by atoms with E-state index in [1.54, 1.807) is 24.3 Å². The van der Waals surface area contributed by atoms with E-state index in [1.807, 2.05) is 6.92 Å². The van der Waals surface area contributed by atoms with E-state index in [4.69, 9.17) is 4.18 Å². The van der Waals surface area contributed by atoms with Gasteiger partial charge in [0.05, 0.1) is 17.1 Å². The third kappa shape index (κ3) is 5.39. The first-order valence-corrected chi connectivity index (χ1v) is 17.4. The maximum atomic E-state index is 13.0. The molecule has 0 bridgehead atoms. The van der Waals surface area contributed by atoms with Crippen molar-refractivity contribution in [2.24, 2.45) is 52.3 Å². The largest absolute Gasteiger partial charge is 0.392 e. The first kappa shape index (κ1) is 29.6. The first-order valence-electron chi connectivity index (χ1n) is 16.0. The summed E-state index contributed by atoms with van der Waals surface area (Å²) in [5, 5.41) is 11.7. The minimum absolute atomic E-state index is 0.140. The second-order valence-electron chi connectivity index (χ2n) is 15.0. The number of hydrogen-bond donors (Lipinski definition) is 1. The molecule has 39 heavy (non-hydrogen) atoms. The van der Waals surface area contributed by atoms with E-state index in [9.17, 15) is 13.5 Å². The summed E-state index contributed by atoms with van der Waals surface area (Å²) < 4.78 is 31.8. The maximum absolute atomic E-state index is 13.0. The molecule has 4 fully saturated rings. The normalized spacial score (nSPS) is 41.1. The molecule has 0 spiro atoms. The van der Waals surface area contributed by atoms with Crippen LogP contribution in [0.1, 0.15) is 111 Å². The second-order valence-corrected chi connectivity index (χ2v) is 16.6. The van der Waals surface area contributed by atoms with E-state index < -0.39 is 22.3 Å². The van der Waals surface area contributed by atoms with Gasteiger partial charge in [-0.15, -0.1) is 0 Å². The lowest BCUT2D eigenvalue weighted by Gasteiger charge is -2.62. The fraction of sp³-hybridized carbons (Fsp3) is 0.824. The van der Waals surface area contributed by atoms with Gasteiger partial charge in [-0.1, -0.05) is 71.6 Å². The third-order valence-corrected chi connectivity index (χ3v) is 13.9. The Kier molecular flexibility index (Phi) is 8.39. The van der Waals surface area contributed by atoms with Crippen LogP contribution in [0, 0.1) is 59.2 Å². The summed E-state index contributed by atoms with van der Waals surface area (Å²) in [7, 11) is -3.84. The Bertz CT molecular complexity index is 1100. The molecule has 1 N–H and O–H groups in total. The van der Waals surface area contributed by atoms with Crippen molar-refractivity contribution in [2.75, 3.05) is 0 Å². The van der Waals surface area contributed by atoms with Crippen molar-refractivity contribution in [3.8, 4) is 0 Å².